The van der Waals surface area contributed by atoms with E-state index in [1.165, 1.54) is 39.3 Å². The van der Waals surface area contributed by atoms with Gasteiger partial charge >= 0.3 is 0 Å². The molecular weight excluding hydrogens is 473 g/mol. The number of halogens is 2. The number of anilines is 1. The molecule has 0 aromatic heterocycles. The molecule has 9 nitrogen and oxygen atoms in total. The second-order valence-electron chi connectivity index (χ2n) is 6.53. The van der Waals surface area contributed by atoms with Crippen molar-refractivity contribution in [3.8, 4) is 23.0 Å². The fraction of sp³-hybridized carbons (Fsp3) is 0.364. The number of carbonyl (C=O) groups is 2. The third-order valence-electron chi connectivity index (χ3n) is 4.21. The summed E-state index contributed by atoms with van der Waals surface area (Å²) in [6.45, 7) is 5.61. The van der Waals surface area contributed by atoms with Crippen molar-refractivity contribution in [2.45, 2.75) is 26.8 Å². The number of Topliss-reactive ketones (excluding diaryl/α,β-unsaturated/α-hetero) is 1. The summed E-state index contributed by atoms with van der Waals surface area (Å²) in [5.74, 6) is 0.187. The lowest BCUT2D eigenvalue weighted by Gasteiger charge is -2.15. The maximum absolute atomic E-state index is 12.8. The number of azo groups is 1. The van der Waals surface area contributed by atoms with Gasteiger partial charge in [-0.05, 0) is 32.9 Å². The molecule has 2 aromatic rings. The van der Waals surface area contributed by atoms with Gasteiger partial charge < -0.3 is 24.3 Å². The minimum absolute atomic E-state index is 0.238. The molecule has 0 spiro atoms. The van der Waals surface area contributed by atoms with Crippen LogP contribution in [0.2, 0.25) is 10.0 Å². The summed E-state index contributed by atoms with van der Waals surface area (Å²) in [6.07, 6.45) is 0. The molecule has 0 radical (unpaired) electrons. The van der Waals surface area contributed by atoms with E-state index in [-0.39, 0.29) is 15.7 Å². The van der Waals surface area contributed by atoms with Gasteiger partial charge in [0, 0.05) is 17.8 Å². The van der Waals surface area contributed by atoms with Crippen LogP contribution in [0.4, 0.5) is 11.4 Å². The van der Waals surface area contributed by atoms with E-state index in [1.54, 1.807) is 6.07 Å². The Morgan fingerprint density at radius 2 is 1.61 bits per heavy atom. The largest absolute Gasteiger partial charge is 0.493 e. The van der Waals surface area contributed by atoms with E-state index in [9.17, 15) is 9.59 Å². The summed E-state index contributed by atoms with van der Waals surface area (Å²) in [5.41, 5.74) is 0.590. The van der Waals surface area contributed by atoms with Crippen LogP contribution >= 0.6 is 23.2 Å². The van der Waals surface area contributed by atoms with Gasteiger partial charge in [-0.15, -0.1) is 0 Å². The maximum atomic E-state index is 12.8. The number of nitrogens with one attached hydrogen (secondary N) is 1. The average Bonchev–Trinajstić information content (AvgIpc) is 2.75. The number of nitrogens with zero attached hydrogens (tertiary/aromatic N) is 2. The number of ether oxygens (including phenoxy) is 4. The van der Waals surface area contributed by atoms with E-state index in [1.807, 2.05) is 13.8 Å². The highest BCUT2D eigenvalue weighted by Gasteiger charge is 2.24. The topological polar surface area (TPSA) is 108 Å². The summed E-state index contributed by atoms with van der Waals surface area (Å²) in [6, 6.07) is 4.64. The van der Waals surface area contributed by atoms with Gasteiger partial charge in [0.05, 0.1) is 43.2 Å². The highest BCUT2D eigenvalue weighted by atomic mass is 35.5. The molecule has 0 saturated carbocycles. The van der Waals surface area contributed by atoms with Gasteiger partial charge in [0.25, 0.3) is 5.91 Å². The third-order valence-corrected chi connectivity index (χ3v) is 4.77. The number of methoxy groups -OCH3 is 2. The zero-order valence-electron chi connectivity index (χ0n) is 18.9. The lowest BCUT2D eigenvalue weighted by molar-refractivity contribution is -0.126. The van der Waals surface area contributed by atoms with E-state index in [0.29, 0.717) is 41.9 Å². The molecule has 33 heavy (non-hydrogen) atoms. The molecule has 2 rings (SSSR count). The average molecular weight is 498 g/mol. The number of ketones is 1. The van der Waals surface area contributed by atoms with Crippen LogP contribution in [0.1, 0.15) is 20.8 Å². The molecule has 11 heteroatoms. The van der Waals surface area contributed by atoms with E-state index in [4.69, 9.17) is 42.1 Å². The van der Waals surface area contributed by atoms with Crippen molar-refractivity contribution < 1.29 is 28.5 Å². The van der Waals surface area contributed by atoms with Gasteiger partial charge in [-0.1, -0.05) is 23.2 Å². The van der Waals surface area contributed by atoms with Crippen molar-refractivity contribution in [2.24, 2.45) is 10.2 Å². The number of rotatable bonds is 11. The molecule has 0 aliphatic rings. The predicted molar refractivity (Wildman–Crippen MR) is 126 cm³/mol. The molecule has 0 heterocycles. The first kappa shape index (κ1) is 26.2. The zero-order chi connectivity index (χ0) is 24.5. The zero-order valence-corrected chi connectivity index (χ0v) is 20.4. The summed E-state index contributed by atoms with van der Waals surface area (Å²) in [5, 5.41) is 11.0. The van der Waals surface area contributed by atoms with Crippen LogP contribution in [0.3, 0.4) is 0 Å². The van der Waals surface area contributed by atoms with E-state index in [0.717, 1.165) is 0 Å². The molecule has 1 atom stereocenters. The minimum Gasteiger partial charge on any atom is -0.493 e. The van der Waals surface area contributed by atoms with Crippen molar-refractivity contribution in [3.05, 3.63) is 34.3 Å². The van der Waals surface area contributed by atoms with Gasteiger partial charge in [0.15, 0.2) is 28.8 Å². The second kappa shape index (κ2) is 12.3. The minimum atomic E-state index is -1.40. The van der Waals surface area contributed by atoms with E-state index >= 15 is 0 Å². The first-order chi connectivity index (χ1) is 15.7. The summed E-state index contributed by atoms with van der Waals surface area (Å²) in [7, 11) is 2.89. The summed E-state index contributed by atoms with van der Waals surface area (Å²) >= 11 is 12.4. The lowest BCUT2D eigenvalue weighted by atomic mass is 10.2. The molecule has 178 valence electrons. The highest BCUT2D eigenvalue weighted by molar-refractivity contribution is 6.33. The molecule has 1 amide bonds. The Hall–Kier alpha value is -3.04. The first-order valence-corrected chi connectivity index (χ1v) is 10.7. The Labute approximate surface area is 202 Å². The molecule has 0 bridgehead atoms. The molecule has 1 unspecified atom stereocenters. The van der Waals surface area contributed by atoms with Crippen LogP contribution in [-0.4, -0.2) is 45.2 Å². The van der Waals surface area contributed by atoms with Gasteiger partial charge in [0.1, 0.15) is 0 Å². The molecule has 0 aliphatic carbocycles. The Kier molecular flexibility index (Phi) is 9.74. The SMILES string of the molecule is CCOc1cc(NC(=O)C(N=Nc2cc(Cl)c(OC)c(OC)c2)C(C)=O)cc(Cl)c1OCC. The molecular formula is C22H25Cl2N3O6. The smallest absolute Gasteiger partial charge is 0.258 e. The molecule has 0 saturated heterocycles. The molecule has 2 aromatic carbocycles. The van der Waals surface area contributed by atoms with Crippen LogP contribution in [0.15, 0.2) is 34.5 Å². The lowest BCUT2D eigenvalue weighted by Crippen LogP contribution is -2.31. The number of hydrogen-bond acceptors (Lipinski definition) is 8. The van der Waals surface area contributed by atoms with E-state index in [2.05, 4.69) is 15.5 Å². The highest BCUT2D eigenvalue weighted by Crippen LogP contribution is 2.40. The van der Waals surface area contributed by atoms with Crippen LogP contribution in [-0.2, 0) is 9.59 Å². The van der Waals surface area contributed by atoms with Crippen molar-refractivity contribution in [3.63, 3.8) is 0 Å². The van der Waals surface area contributed by atoms with Gasteiger partial charge in [0.2, 0.25) is 6.04 Å². The van der Waals surface area contributed by atoms with Crippen molar-refractivity contribution in [1.82, 2.24) is 0 Å². The number of benzene rings is 2. The number of hydrogen-bond donors (Lipinski definition) is 1. The monoisotopic (exact) mass is 497 g/mol. The Morgan fingerprint density at radius 3 is 2.18 bits per heavy atom. The normalized spacial score (nSPS) is 11.7. The molecule has 0 fully saturated rings. The van der Waals surface area contributed by atoms with Crippen molar-refractivity contribution in [1.29, 1.82) is 0 Å². The third kappa shape index (κ3) is 6.72. The Balaban J connectivity index is 2.30. The van der Waals surface area contributed by atoms with Crippen molar-refractivity contribution in [2.75, 3.05) is 32.8 Å². The number of carbonyl (C=O) groups excluding carboxylic acids is 2. The van der Waals surface area contributed by atoms with Crippen LogP contribution in [0.25, 0.3) is 0 Å². The first-order valence-electron chi connectivity index (χ1n) is 9.98. The molecule has 0 aliphatic heterocycles. The van der Waals surface area contributed by atoms with Gasteiger partial charge in [-0.25, -0.2) is 0 Å². The van der Waals surface area contributed by atoms with E-state index < -0.39 is 17.7 Å². The summed E-state index contributed by atoms with van der Waals surface area (Å²) < 4.78 is 21.5. The van der Waals surface area contributed by atoms with Gasteiger partial charge in [-0.2, -0.15) is 10.2 Å². The standard InChI is InChI=1S/C22H25Cl2N3O6/c1-6-32-18-10-13(8-16(24)21(18)33-7-2)25-22(29)19(12(3)28)27-26-14-9-15(23)20(31-5)17(11-14)30-4/h8-11,19H,6-7H2,1-5H3,(H,25,29). The van der Waals surface area contributed by atoms with Gasteiger partial charge in [-0.3, -0.25) is 9.59 Å². The van der Waals surface area contributed by atoms with Crippen molar-refractivity contribution >= 4 is 46.3 Å². The Morgan fingerprint density at radius 1 is 0.939 bits per heavy atom. The molecule has 1 N–H and O–H groups in total. The fourth-order valence-electron chi connectivity index (χ4n) is 2.80. The Bertz CT molecular complexity index is 1050. The van der Waals surface area contributed by atoms with Crippen LogP contribution in [0.5, 0.6) is 23.0 Å². The quantitative estimate of drug-likeness (QED) is 0.324. The number of amides is 1. The van der Waals surface area contributed by atoms with Crippen LogP contribution < -0.4 is 24.3 Å². The maximum Gasteiger partial charge on any atom is 0.258 e. The predicted octanol–water partition coefficient (Wildman–Crippen LogP) is 5.49. The second-order valence-corrected chi connectivity index (χ2v) is 7.35. The summed E-state index contributed by atoms with van der Waals surface area (Å²) in [4.78, 5) is 24.9. The van der Waals surface area contributed by atoms with Crippen LogP contribution in [0, 0.1) is 0 Å². The fourth-order valence-corrected chi connectivity index (χ4v) is 3.35.